The monoisotopic (exact) mass is 409 g/mol. The van der Waals surface area contributed by atoms with Crippen molar-refractivity contribution in [2.75, 3.05) is 12.3 Å². The van der Waals surface area contributed by atoms with Crippen molar-refractivity contribution in [2.24, 2.45) is 0 Å². The molecular formula is C22H23N3O3S. The number of aryl methyl sites for hydroxylation is 2. The van der Waals surface area contributed by atoms with Gasteiger partial charge in [-0.05, 0) is 37.0 Å². The first-order chi connectivity index (χ1) is 14.0. The summed E-state index contributed by atoms with van der Waals surface area (Å²) in [5, 5.41) is 11.3. The molecule has 0 unspecified atom stereocenters. The Morgan fingerprint density at radius 1 is 1.07 bits per heavy atom. The predicted octanol–water partition coefficient (Wildman–Crippen LogP) is 4.09. The molecule has 1 N–H and O–H groups in total. The van der Waals surface area contributed by atoms with E-state index in [-0.39, 0.29) is 17.4 Å². The summed E-state index contributed by atoms with van der Waals surface area (Å²) in [5.41, 5.74) is 3.74. The Bertz CT molecular complexity index is 983. The van der Waals surface area contributed by atoms with Crippen LogP contribution in [0.3, 0.4) is 0 Å². The summed E-state index contributed by atoms with van der Waals surface area (Å²) in [6.45, 7) is 4.15. The smallest absolute Gasteiger partial charge is 0.277 e. The molecule has 7 heteroatoms. The first-order valence-corrected chi connectivity index (χ1v) is 10.4. The fourth-order valence-electron chi connectivity index (χ4n) is 2.81. The van der Waals surface area contributed by atoms with E-state index in [1.165, 1.54) is 18.7 Å². The number of nitrogens with one attached hydrogen (secondary N) is 1. The van der Waals surface area contributed by atoms with E-state index < -0.39 is 0 Å². The van der Waals surface area contributed by atoms with E-state index in [9.17, 15) is 9.59 Å². The molecule has 1 amide bonds. The second-order valence-electron chi connectivity index (χ2n) is 6.68. The van der Waals surface area contributed by atoms with Crippen LogP contribution in [0.1, 0.15) is 34.8 Å². The molecule has 150 valence electrons. The number of hydrogen-bond acceptors (Lipinski definition) is 6. The highest BCUT2D eigenvalue weighted by Gasteiger charge is 2.13. The highest BCUT2D eigenvalue weighted by Crippen LogP contribution is 2.25. The van der Waals surface area contributed by atoms with Crippen molar-refractivity contribution >= 4 is 23.5 Å². The van der Waals surface area contributed by atoms with Gasteiger partial charge in [-0.1, -0.05) is 54.2 Å². The van der Waals surface area contributed by atoms with E-state index in [1.807, 2.05) is 55.5 Å². The number of nitrogens with zero attached hydrogens (tertiary/aromatic N) is 2. The minimum Gasteiger partial charge on any atom is -0.411 e. The molecule has 0 spiro atoms. The molecule has 0 aliphatic carbocycles. The molecule has 0 aliphatic rings. The zero-order valence-electron chi connectivity index (χ0n) is 16.5. The van der Waals surface area contributed by atoms with Gasteiger partial charge in [0.1, 0.15) is 0 Å². The fraction of sp³-hybridized carbons (Fsp3) is 0.273. The van der Waals surface area contributed by atoms with Crippen LogP contribution in [0.4, 0.5) is 0 Å². The van der Waals surface area contributed by atoms with E-state index in [0.29, 0.717) is 23.2 Å². The molecule has 1 heterocycles. The number of carbonyl (C=O) groups excluding carboxylic acids is 2. The van der Waals surface area contributed by atoms with Crippen molar-refractivity contribution in [3.05, 3.63) is 65.2 Å². The van der Waals surface area contributed by atoms with Crippen LogP contribution < -0.4 is 5.32 Å². The fourth-order valence-corrected chi connectivity index (χ4v) is 3.47. The molecule has 0 aliphatic heterocycles. The van der Waals surface area contributed by atoms with Gasteiger partial charge in [0.15, 0.2) is 5.78 Å². The van der Waals surface area contributed by atoms with Gasteiger partial charge in [0.25, 0.3) is 5.22 Å². The summed E-state index contributed by atoms with van der Waals surface area (Å²) in [5.74, 6) is 0.685. The normalized spacial score (nSPS) is 10.7. The number of Topliss-reactive ketones (excluding diaryl/α,β-unsaturated/α-hetero) is 1. The van der Waals surface area contributed by atoms with Crippen molar-refractivity contribution in [1.82, 2.24) is 15.5 Å². The Morgan fingerprint density at radius 2 is 1.83 bits per heavy atom. The predicted molar refractivity (Wildman–Crippen MR) is 113 cm³/mol. The van der Waals surface area contributed by atoms with Crippen molar-refractivity contribution in [3.8, 4) is 11.5 Å². The third-order valence-corrected chi connectivity index (χ3v) is 5.22. The average Bonchev–Trinajstić information content (AvgIpc) is 3.19. The second-order valence-corrected chi connectivity index (χ2v) is 7.61. The molecule has 29 heavy (non-hydrogen) atoms. The van der Waals surface area contributed by atoms with Crippen LogP contribution in [0.15, 0.2) is 58.2 Å². The van der Waals surface area contributed by atoms with Gasteiger partial charge in [-0.25, -0.2) is 0 Å². The van der Waals surface area contributed by atoms with Crippen LogP contribution in [0.25, 0.3) is 11.5 Å². The second kappa shape index (κ2) is 10.0. The Labute approximate surface area is 174 Å². The van der Waals surface area contributed by atoms with Gasteiger partial charge in [-0.15, -0.1) is 10.2 Å². The van der Waals surface area contributed by atoms with E-state index in [1.54, 1.807) is 0 Å². The topological polar surface area (TPSA) is 85.1 Å². The molecule has 0 radical (unpaired) electrons. The molecule has 0 fully saturated rings. The number of amides is 1. The lowest BCUT2D eigenvalue weighted by molar-refractivity contribution is -0.118. The first kappa shape index (κ1) is 20.8. The molecule has 3 aromatic rings. The average molecular weight is 410 g/mol. The van der Waals surface area contributed by atoms with Gasteiger partial charge in [0.05, 0.1) is 5.75 Å². The summed E-state index contributed by atoms with van der Waals surface area (Å²) in [4.78, 5) is 23.3. The third-order valence-electron chi connectivity index (χ3n) is 4.40. The van der Waals surface area contributed by atoms with Gasteiger partial charge >= 0.3 is 0 Å². The van der Waals surface area contributed by atoms with Gasteiger partial charge in [-0.3, -0.25) is 9.59 Å². The first-order valence-electron chi connectivity index (χ1n) is 9.42. The number of benzene rings is 2. The lowest BCUT2D eigenvalue weighted by Gasteiger charge is -2.04. The molecule has 2 aromatic carbocycles. The minimum absolute atomic E-state index is 0.00966. The Morgan fingerprint density at radius 3 is 2.55 bits per heavy atom. The highest BCUT2D eigenvalue weighted by molar-refractivity contribution is 7.99. The molecule has 0 atom stereocenters. The molecule has 6 nitrogen and oxygen atoms in total. The number of carbonyl (C=O) groups is 2. The number of rotatable bonds is 9. The van der Waals surface area contributed by atoms with E-state index in [2.05, 4.69) is 15.5 Å². The minimum atomic E-state index is -0.0179. The summed E-state index contributed by atoms with van der Waals surface area (Å²) in [6.07, 6.45) is 1.72. The van der Waals surface area contributed by atoms with Crippen LogP contribution in [0, 0.1) is 6.92 Å². The van der Waals surface area contributed by atoms with Gasteiger partial charge in [-0.2, -0.15) is 0 Å². The Hall–Kier alpha value is -2.93. The summed E-state index contributed by atoms with van der Waals surface area (Å²) in [7, 11) is 0. The SMILES string of the molecule is CC(=O)NCCCc1ccc(C(=O)CSc2nnc(-c3ccccc3C)o2)cc1. The molecular weight excluding hydrogens is 386 g/mol. The van der Waals surface area contributed by atoms with Crippen LogP contribution in [0.5, 0.6) is 0 Å². The highest BCUT2D eigenvalue weighted by atomic mass is 32.2. The third kappa shape index (κ3) is 6.02. The lowest BCUT2D eigenvalue weighted by atomic mass is 10.1. The van der Waals surface area contributed by atoms with Crippen LogP contribution >= 0.6 is 11.8 Å². The van der Waals surface area contributed by atoms with Crippen LogP contribution in [-0.2, 0) is 11.2 Å². The van der Waals surface area contributed by atoms with Crippen LogP contribution in [-0.4, -0.2) is 34.2 Å². The number of ketones is 1. The standard InChI is InChI=1S/C22H23N3O3S/c1-15-6-3-4-8-19(15)21-24-25-22(28-21)29-14-20(27)18-11-9-17(10-12-18)7-5-13-23-16(2)26/h3-4,6,8-12H,5,7,13-14H2,1-2H3,(H,23,26). The number of hydrogen-bond donors (Lipinski definition) is 1. The molecule has 1 aromatic heterocycles. The Balaban J connectivity index is 1.51. The Kier molecular flexibility index (Phi) is 7.19. The summed E-state index contributed by atoms with van der Waals surface area (Å²) < 4.78 is 5.69. The number of thioether (sulfide) groups is 1. The molecule has 0 saturated heterocycles. The quantitative estimate of drug-likeness (QED) is 0.325. The summed E-state index contributed by atoms with van der Waals surface area (Å²) >= 11 is 1.24. The van der Waals surface area contributed by atoms with E-state index in [4.69, 9.17) is 4.42 Å². The molecule has 0 saturated carbocycles. The van der Waals surface area contributed by atoms with Crippen molar-refractivity contribution in [2.45, 2.75) is 31.9 Å². The molecule has 0 bridgehead atoms. The van der Waals surface area contributed by atoms with Gasteiger partial charge < -0.3 is 9.73 Å². The zero-order chi connectivity index (χ0) is 20.6. The zero-order valence-corrected chi connectivity index (χ0v) is 17.3. The maximum atomic E-state index is 12.4. The van der Waals surface area contributed by atoms with Crippen molar-refractivity contribution in [3.63, 3.8) is 0 Å². The van der Waals surface area contributed by atoms with E-state index in [0.717, 1.165) is 29.5 Å². The van der Waals surface area contributed by atoms with Crippen molar-refractivity contribution in [1.29, 1.82) is 0 Å². The van der Waals surface area contributed by atoms with Crippen molar-refractivity contribution < 1.29 is 14.0 Å². The summed E-state index contributed by atoms with van der Waals surface area (Å²) in [6, 6.07) is 15.4. The maximum Gasteiger partial charge on any atom is 0.277 e. The van der Waals surface area contributed by atoms with E-state index >= 15 is 0 Å². The largest absolute Gasteiger partial charge is 0.411 e. The van der Waals surface area contributed by atoms with Gasteiger partial charge in [0, 0.05) is 24.6 Å². The number of aromatic nitrogens is 2. The van der Waals surface area contributed by atoms with Gasteiger partial charge in [0.2, 0.25) is 11.8 Å². The van der Waals surface area contributed by atoms with Crippen LogP contribution in [0.2, 0.25) is 0 Å². The molecule has 3 rings (SSSR count). The lowest BCUT2D eigenvalue weighted by Crippen LogP contribution is -2.21. The maximum absolute atomic E-state index is 12.4.